The Labute approximate surface area is 172 Å². The van der Waals surface area contributed by atoms with Gasteiger partial charge in [0.15, 0.2) is 4.96 Å². The maximum absolute atomic E-state index is 12.5. The molecule has 1 fully saturated rings. The number of hydrogen-bond donors (Lipinski definition) is 0. The van der Waals surface area contributed by atoms with Crippen molar-refractivity contribution in [2.75, 3.05) is 26.2 Å². The largest absolute Gasteiger partial charge is 0.340 e. The molecule has 7 nitrogen and oxygen atoms in total. The zero-order valence-electron chi connectivity index (χ0n) is 16.0. The van der Waals surface area contributed by atoms with Gasteiger partial charge in [0, 0.05) is 56.8 Å². The molecule has 2 aromatic heterocycles. The van der Waals surface area contributed by atoms with E-state index in [-0.39, 0.29) is 11.5 Å². The van der Waals surface area contributed by atoms with Gasteiger partial charge in [-0.05, 0) is 24.1 Å². The number of amides is 1. The van der Waals surface area contributed by atoms with E-state index in [0.29, 0.717) is 43.0 Å². The molecule has 29 heavy (non-hydrogen) atoms. The van der Waals surface area contributed by atoms with Crippen LogP contribution in [0.1, 0.15) is 23.2 Å². The number of piperazine rings is 1. The van der Waals surface area contributed by atoms with Crippen molar-refractivity contribution in [1.29, 1.82) is 5.26 Å². The first kappa shape index (κ1) is 19.3. The molecule has 0 aliphatic carbocycles. The highest BCUT2D eigenvalue weighted by Crippen LogP contribution is 2.12. The summed E-state index contributed by atoms with van der Waals surface area (Å²) < 4.78 is 1.55. The van der Waals surface area contributed by atoms with Crippen molar-refractivity contribution >= 4 is 22.2 Å². The molecule has 0 atom stereocenters. The van der Waals surface area contributed by atoms with Crippen LogP contribution >= 0.6 is 11.3 Å². The van der Waals surface area contributed by atoms with E-state index in [0.717, 1.165) is 24.3 Å². The minimum atomic E-state index is -0.0529. The fourth-order valence-electron chi connectivity index (χ4n) is 3.51. The Balaban J connectivity index is 1.27. The topological polar surface area (TPSA) is 81.7 Å². The number of rotatable bonds is 5. The van der Waals surface area contributed by atoms with Crippen LogP contribution < -0.4 is 5.56 Å². The van der Waals surface area contributed by atoms with Gasteiger partial charge in [0.2, 0.25) is 5.91 Å². The molecule has 0 spiro atoms. The van der Waals surface area contributed by atoms with Crippen LogP contribution in [0.5, 0.6) is 0 Å². The van der Waals surface area contributed by atoms with Gasteiger partial charge in [-0.2, -0.15) is 5.26 Å². The van der Waals surface area contributed by atoms with Gasteiger partial charge in [-0.3, -0.25) is 18.9 Å². The molecule has 1 aliphatic rings. The molecular weight excluding hydrogens is 386 g/mol. The fourth-order valence-corrected chi connectivity index (χ4v) is 4.25. The molecule has 4 rings (SSSR count). The number of carbonyl (C=O) groups excluding carboxylic acids is 1. The third-order valence-electron chi connectivity index (χ3n) is 5.18. The number of hydrogen-bond acceptors (Lipinski definition) is 6. The predicted molar refractivity (Wildman–Crippen MR) is 111 cm³/mol. The number of carbonyl (C=O) groups is 1. The highest BCUT2D eigenvalue weighted by molar-refractivity contribution is 7.15. The molecular formula is C21H21N5O2S. The summed E-state index contributed by atoms with van der Waals surface area (Å²) in [6.07, 6.45) is 2.89. The smallest absolute Gasteiger partial charge is 0.258 e. The van der Waals surface area contributed by atoms with Gasteiger partial charge in [0.05, 0.1) is 17.3 Å². The first-order valence-electron chi connectivity index (χ1n) is 9.57. The van der Waals surface area contributed by atoms with Crippen LogP contribution in [0.25, 0.3) is 4.96 Å². The second-order valence-electron chi connectivity index (χ2n) is 7.11. The number of aromatic nitrogens is 2. The van der Waals surface area contributed by atoms with Crippen LogP contribution in [-0.4, -0.2) is 51.3 Å². The van der Waals surface area contributed by atoms with E-state index in [1.807, 2.05) is 22.4 Å². The maximum atomic E-state index is 12.5. The first-order valence-corrected chi connectivity index (χ1v) is 10.5. The van der Waals surface area contributed by atoms with Crippen molar-refractivity contribution in [1.82, 2.24) is 19.2 Å². The molecule has 0 saturated carbocycles. The van der Waals surface area contributed by atoms with Crippen LogP contribution in [0.3, 0.4) is 0 Å². The van der Waals surface area contributed by atoms with Crippen LogP contribution in [0, 0.1) is 11.3 Å². The summed E-state index contributed by atoms with van der Waals surface area (Å²) in [6.45, 7) is 3.54. The maximum Gasteiger partial charge on any atom is 0.258 e. The van der Waals surface area contributed by atoms with Gasteiger partial charge in [-0.15, -0.1) is 11.3 Å². The van der Waals surface area contributed by atoms with Crippen molar-refractivity contribution in [2.24, 2.45) is 0 Å². The minimum absolute atomic E-state index is 0.0529. The average Bonchev–Trinajstić information content (AvgIpc) is 3.22. The summed E-state index contributed by atoms with van der Waals surface area (Å²) in [5.74, 6) is 0.158. The van der Waals surface area contributed by atoms with E-state index < -0.39 is 0 Å². The predicted octanol–water partition coefficient (Wildman–Crippen LogP) is 1.90. The van der Waals surface area contributed by atoms with Crippen molar-refractivity contribution in [3.8, 4) is 6.07 Å². The number of benzene rings is 1. The summed E-state index contributed by atoms with van der Waals surface area (Å²) in [7, 11) is 0. The molecule has 148 valence electrons. The summed E-state index contributed by atoms with van der Waals surface area (Å²) in [5.41, 5.74) is 2.42. The lowest BCUT2D eigenvalue weighted by Gasteiger charge is -2.34. The lowest BCUT2D eigenvalue weighted by atomic mass is 10.1. The third-order valence-corrected chi connectivity index (χ3v) is 5.93. The first-order chi connectivity index (χ1) is 14.1. The summed E-state index contributed by atoms with van der Waals surface area (Å²) in [5, 5.41) is 10.7. The number of thiazole rings is 1. The standard InChI is InChI=1S/C21H21N5O2S/c22-14-17-3-1-16(2-4-17)5-6-19(27)25-9-7-24(8-10-25)15-18-13-20(28)26-11-12-29-21(26)23-18/h1-4,11-13H,5-10,15H2. The highest BCUT2D eigenvalue weighted by atomic mass is 32.1. The van der Waals surface area contributed by atoms with Crippen molar-refractivity contribution in [3.63, 3.8) is 0 Å². The van der Waals surface area contributed by atoms with E-state index in [1.54, 1.807) is 28.8 Å². The molecule has 3 aromatic rings. The lowest BCUT2D eigenvalue weighted by molar-refractivity contribution is -0.133. The highest BCUT2D eigenvalue weighted by Gasteiger charge is 2.21. The molecule has 1 aromatic carbocycles. The summed E-state index contributed by atoms with van der Waals surface area (Å²) in [4.78, 5) is 34.0. The average molecular weight is 407 g/mol. The fraction of sp³-hybridized carbons (Fsp3) is 0.333. The van der Waals surface area contributed by atoms with Gasteiger partial charge < -0.3 is 4.90 Å². The van der Waals surface area contributed by atoms with Gasteiger partial charge in [-0.1, -0.05) is 12.1 Å². The Morgan fingerprint density at radius 3 is 2.66 bits per heavy atom. The van der Waals surface area contributed by atoms with E-state index in [2.05, 4.69) is 16.0 Å². The van der Waals surface area contributed by atoms with Crippen LogP contribution in [0.2, 0.25) is 0 Å². The Kier molecular flexibility index (Phi) is 5.69. The quantitative estimate of drug-likeness (QED) is 0.645. The molecule has 0 N–H and O–H groups in total. The van der Waals surface area contributed by atoms with Gasteiger partial charge in [-0.25, -0.2) is 4.98 Å². The van der Waals surface area contributed by atoms with Gasteiger partial charge >= 0.3 is 0 Å². The third kappa shape index (κ3) is 4.53. The van der Waals surface area contributed by atoms with Crippen molar-refractivity contribution in [3.05, 3.63) is 69.1 Å². The van der Waals surface area contributed by atoms with Gasteiger partial charge in [0.25, 0.3) is 5.56 Å². The Hall–Kier alpha value is -3.02. The summed E-state index contributed by atoms with van der Waals surface area (Å²) in [6, 6.07) is 11.1. The Bertz CT molecular complexity index is 1100. The van der Waals surface area contributed by atoms with Crippen LogP contribution in [-0.2, 0) is 17.8 Å². The normalized spacial score (nSPS) is 14.8. The molecule has 3 heterocycles. The molecule has 0 bridgehead atoms. The van der Waals surface area contributed by atoms with E-state index in [1.165, 1.54) is 11.3 Å². The molecule has 0 radical (unpaired) electrons. The molecule has 8 heteroatoms. The monoisotopic (exact) mass is 407 g/mol. The molecule has 1 amide bonds. The number of fused-ring (bicyclic) bond motifs is 1. The molecule has 1 saturated heterocycles. The Morgan fingerprint density at radius 2 is 1.93 bits per heavy atom. The Morgan fingerprint density at radius 1 is 1.17 bits per heavy atom. The molecule has 1 aliphatic heterocycles. The van der Waals surface area contributed by atoms with E-state index in [9.17, 15) is 9.59 Å². The molecule has 0 unspecified atom stereocenters. The van der Waals surface area contributed by atoms with Gasteiger partial charge in [0.1, 0.15) is 0 Å². The van der Waals surface area contributed by atoms with Crippen LogP contribution in [0.4, 0.5) is 0 Å². The number of nitriles is 1. The second kappa shape index (κ2) is 8.55. The van der Waals surface area contributed by atoms with E-state index in [4.69, 9.17) is 5.26 Å². The lowest BCUT2D eigenvalue weighted by Crippen LogP contribution is -2.48. The van der Waals surface area contributed by atoms with E-state index >= 15 is 0 Å². The second-order valence-corrected chi connectivity index (χ2v) is 7.98. The number of aryl methyl sites for hydroxylation is 1. The summed E-state index contributed by atoms with van der Waals surface area (Å²) >= 11 is 1.45. The zero-order chi connectivity index (χ0) is 20.2. The SMILES string of the molecule is N#Cc1ccc(CCC(=O)N2CCN(Cc3cc(=O)n4ccsc4n3)CC2)cc1. The van der Waals surface area contributed by atoms with Crippen molar-refractivity contribution in [2.45, 2.75) is 19.4 Å². The minimum Gasteiger partial charge on any atom is -0.340 e. The van der Waals surface area contributed by atoms with Crippen LogP contribution in [0.15, 0.2) is 46.7 Å². The number of nitrogens with zero attached hydrogens (tertiary/aromatic N) is 5. The zero-order valence-corrected chi connectivity index (χ0v) is 16.8. The van der Waals surface area contributed by atoms with Crippen molar-refractivity contribution < 1.29 is 4.79 Å².